The van der Waals surface area contributed by atoms with E-state index in [-0.39, 0.29) is 0 Å². The Hall–Kier alpha value is -0.450. The summed E-state index contributed by atoms with van der Waals surface area (Å²) in [5.41, 5.74) is 1.13. The van der Waals surface area contributed by atoms with Crippen molar-refractivity contribution < 1.29 is 4.74 Å². The maximum absolute atomic E-state index is 5.63. The molecule has 1 heterocycles. The van der Waals surface area contributed by atoms with Gasteiger partial charge in [0.2, 0.25) is 0 Å². The summed E-state index contributed by atoms with van der Waals surface area (Å²) >= 11 is 1.77. The van der Waals surface area contributed by atoms with Gasteiger partial charge >= 0.3 is 0 Å². The van der Waals surface area contributed by atoms with Crippen LogP contribution in [0, 0.1) is 13.8 Å². The number of thiazole rings is 1. The minimum Gasteiger partial charge on any atom is -0.379 e. The number of nitrogens with one attached hydrogen (secondary N) is 1. The van der Waals surface area contributed by atoms with Crippen LogP contribution in [0.4, 0.5) is 0 Å². The van der Waals surface area contributed by atoms with Gasteiger partial charge in [0.25, 0.3) is 0 Å². The summed E-state index contributed by atoms with van der Waals surface area (Å²) in [6.45, 7) is 10.9. The van der Waals surface area contributed by atoms with E-state index in [9.17, 15) is 0 Å². The maximum atomic E-state index is 5.63. The highest BCUT2D eigenvalue weighted by molar-refractivity contribution is 7.11. The normalized spacial score (nSPS) is 13.0. The SMILES string of the molecule is CCCOCC(NCC)c1sc(C)nc1C. The Morgan fingerprint density at radius 2 is 2.12 bits per heavy atom. The van der Waals surface area contributed by atoms with Gasteiger partial charge in [0.1, 0.15) is 0 Å². The van der Waals surface area contributed by atoms with Crippen LogP contribution < -0.4 is 5.32 Å². The van der Waals surface area contributed by atoms with Crippen LogP contribution in [0.1, 0.15) is 41.9 Å². The zero-order chi connectivity index (χ0) is 12.0. The van der Waals surface area contributed by atoms with Crippen molar-refractivity contribution in [2.24, 2.45) is 0 Å². The van der Waals surface area contributed by atoms with Crippen molar-refractivity contribution in [2.75, 3.05) is 19.8 Å². The van der Waals surface area contributed by atoms with Gasteiger partial charge in [-0.2, -0.15) is 0 Å². The van der Waals surface area contributed by atoms with Gasteiger partial charge in [-0.25, -0.2) is 4.98 Å². The number of aromatic nitrogens is 1. The summed E-state index contributed by atoms with van der Waals surface area (Å²) in [5.74, 6) is 0. The molecule has 1 atom stereocenters. The summed E-state index contributed by atoms with van der Waals surface area (Å²) < 4.78 is 5.63. The Kier molecular flexibility index (Phi) is 5.95. The molecule has 0 aliphatic rings. The van der Waals surface area contributed by atoms with Crippen molar-refractivity contribution in [1.82, 2.24) is 10.3 Å². The Bertz CT molecular complexity index is 312. The molecular weight excluding hydrogens is 220 g/mol. The van der Waals surface area contributed by atoms with Gasteiger partial charge in [-0.1, -0.05) is 13.8 Å². The smallest absolute Gasteiger partial charge is 0.0900 e. The first-order chi connectivity index (χ1) is 7.69. The van der Waals surface area contributed by atoms with E-state index in [2.05, 4.69) is 38.0 Å². The highest BCUT2D eigenvalue weighted by atomic mass is 32.1. The fourth-order valence-corrected chi connectivity index (χ4v) is 2.68. The predicted octanol–water partition coefficient (Wildman–Crippen LogP) is 2.84. The quantitative estimate of drug-likeness (QED) is 0.747. The number of hydrogen-bond acceptors (Lipinski definition) is 4. The van der Waals surface area contributed by atoms with Gasteiger partial charge in [-0.05, 0) is 26.8 Å². The van der Waals surface area contributed by atoms with Crippen LogP contribution in [0.25, 0.3) is 0 Å². The van der Waals surface area contributed by atoms with E-state index in [1.165, 1.54) is 4.88 Å². The van der Waals surface area contributed by atoms with Gasteiger partial charge in [0.05, 0.1) is 23.4 Å². The minimum atomic E-state index is 0.294. The third-order valence-corrected chi connectivity index (χ3v) is 3.53. The van der Waals surface area contributed by atoms with Crippen molar-refractivity contribution >= 4 is 11.3 Å². The van der Waals surface area contributed by atoms with Crippen LogP contribution in [0.5, 0.6) is 0 Å². The average Bonchev–Trinajstić information content (AvgIpc) is 2.57. The summed E-state index contributed by atoms with van der Waals surface area (Å²) in [5, 5.41) is 4.59. The van der Waals surface area contributed by atoms with Crippen LogP contribution in [-0.2, 0) is 4.74 Å². The number of ether oxygens (including phenoxy) is 1. The molecule has 1 unspecified atom stereocenters. The summed E-state index contributed by atoms with van der Waals surface area (Å²) in [6, 6.07) is 0.294. The molecule has 4 heteroatoms. The molecule has 1 rings (SSSR count). The Balaban J connectivity index is 2.64. The van der Waals surface area contributed by atoms with Crippen molar-refractivity contribution in [2.45, 2.75) is 40.2 Å². The number of hydrogen-bond donors (Lipinski definition) is 1. The third kappa shape index (κ3) is 3.85. The zero-order valence-electron chi connectivity index (χ0n) is 10.7. The van der Waals surface area contributed by atoms with Gasteiger partial charge in [0, 0.05) is 11.5 Å². The molecule has 1 aromatic heterocycles. The summed E-state index contributed by atoms with van der Waals surface area (Å²) in [4.78, 5) is 5.78. The van der Waals surface area contributed by atoms with Crippen LogP contribution in [-0.4, -0.2) is 24.7 Å². The van der Waals surface area contributed by atoms with E-state index >= 15 is 0 Å². The molecule has 0 saturated carbocycles. The molecule has 16 heavy (non-hydrogen) atoms. The van der Waals surface area contributed by atoms with Crippen molar-refractivity contribution in [1.29, 1.82) is 0 Å². The number of likely N-dealkylation sites (N-methyl/N-ethyl adjacent to an activating group) is 1. The van der Waals surface area contributed by atoms with E-state index in [1.807, 2.05) is 0 Å². The lowest BCUT2D eigenvalue weighted by atomic mass is 10.2. The van der Waals surface area contributed by atoms with Gasteiger partial charge in [-0.3, -0.25) is 0 Å². The second-order valence-corrected chi connectivity index (χ2v) is 5.10. The predicted molar refractivity (Wildman–Crippen MR) is 69.1 cm³/mol. The minimum absolute atomic E-state index is 0.294. The number of nitrogens with zero attached hydrogens (tertiary/aromatic N) is 1. The summed E-state index contributed by atoms with van der Waals surface area (Å²) in [6.07, 6.45) is 1.07. The van der Waals surface area contributed by atoms with Crippen LogP contribution in [0.3, 0.4) is 0 Å². The molecule has 0 fully saturated rings. The largest absolute Gasteiger partial charge is 0.379 e. The van der Waals surface area contributed by atoms with E-state index in [1.54, 1.807) is 11.3 Å². The van der Waals surface area contributed by atoms with Gasteiger partial charge in [-0.15, -0.1) is 11.3 Å². The first-order valence-corrected chi connectivity index (χ1v) is 6.75. The molecular formula is C12H22N2OS. The molecule has 1 N–H and O–H groups in total. The van der Waals surface area contributed by atoms with Crippen molar-refractivity contribution in [3.8, 4) is 0 Å². The van der Waals surface area contributed by atoms with Crippen molar-refractivity contribution in [3.63, 3.8) is 0 Å². The lowest BCUT2D eigenvalue weighted by molar-refractivity contribution is 0.113. The number of aryl methyl sites for hydroxylation is 2. The molecule has 0 spiro atoms. The molecule has 3 nitrogen and oxygen atoms in total. The second kappa shape index (κ2) is 6.99. The van der Waals surface area contributed by atoms with E-state index < -0.39 is 0 Å². The highest BCUT2D eigenvalue weighted by Gasteiger charge is 2.16. The Morgan fingerprint density at radius 3 is 2.62 bits per heavy atom. The molecule has 0 radical (unpaired) electrons. The Morgan fingerprint density at radius 1 is 1.38 bits per heavy atom. The van der Waals surface area contributed by atoms with Gasteiger partial charge < -0.3 is 10.1 Å². The van der Waals surface area contributed by atoms with Crippen LogP contribution in [0.2, 0.25) is 0 Å². The van der Waals surface area contributed by atoms with Crippen LogP contribution >= 0.6 is 11.3 Å². The zero-order valence-corrected chi connectivity index (χ0v) is 11.5. The van der Waals surface area contributed by atoms with E-state index in [0.717, 1.165) is 36.9 Å². The third-order valence-electron chi connectivity index (χ3n) is 2.34. The fourth-order valence-electron chi connectivity index (χ4n) is 1.69. The van der Waals surface area contributed by atoms with Crippen LogP contribution in [0.15, 0.2) is 0 Å². The lowest BCUT2D eigenvalue weighted by Crippen LogP contribution is -2.25. The fraction of sp³-hybridized carbons (Fsp3) is 0.750. The molecule has 0 aliphatic heterocycles. The van der Waals surface area contributed by atoms with E-state index in [0.29, 0.717) is 6.04 Å². The standard InChI is InChI=1S/C12H22N2OS/c1-5-7-15-8-11(13-6-2)12-9(3)14-10(4)16-12/h11,13H,5-8H2,1-4H3. The molecule has 0 saturated heterocycles. The molecule has 0 bridgehead atoms. The monoisotopic (exact) mass is 242 g/mol. The lowest BCUT2D eigenvalue weighted by Gasteiger charge is -2.16. The first kappa shape index (κ1) is 13.6. The average molecular weight is 242 g/mol. The molecule has 0 aromatic carbocycles. The Labute approximate surface area is 102 Å². The van der Waals surface area contributed by atoms with Gasteiger partial charge in [0.15, 0.2) is 0 Å². The first-order valence-electron chi connectivity index (χ1n) is 5.94. The molecule has 0 aliphatic carbocycles. The molecule has 92 valence electrons. The second-order valence-electron chi connectivity index (χ2n) is 3.87. The highest BCUT2D eigenvalue weighted by Crippen LogP contribution is 2.24. The molecule has 0 amide bonds. The van der Waals surface area contributed by atoms with Crippen molar-refractivity contribution in [3.05, 3.63) is 15.6 Å². The molecule has 1 aromatic rings. The topological polar surface area (TPSA) is 34.1 Å². The summed E-state index contributed by atoms with van der Waals surface area (Å²) in [7, 11) is 0. The number of rotatable bonds is 7. The maximum Gasteiger partial charge on any atom is 0.0900 e. The van der Waals surface area contributed by atoms with E-state index in [4.69, 9.17) is 4.74 Å².